The second-order valence-corrected chi connectivity index (χ2v) is 6.80. The van der Waals surface area contributed by atoms with E-state index >= 15 is 0 Å². The van der Waals surface area contributed by atoms with Gasteiger partial charge in [0.2, 0.25) is 0 Å². The molecule has 0 aliphatic carbocycles. The first kappa shape index (κ1) is 23.7. The number of halogens is 1. The van der Waals surface area contributed by atoms with Crippen molar-refractivity contribution in [1.82, 2.24) is 10.6 Å². The Hall–Kier alpha value is -1.32. The van der Waals surface area contributed by atoms with Crippen LogP contribution in [0, 0.1) is 0 Å². The van der Waals surface area contributed by atoms with Crippen molar-refractivity contribution >= 4 is 41.3 Å². The van der Waals surface area contributed by atoms with Crippen LogP contribution >= 0.6 is 35.3 Å². The van der Waals surface area contributed by atoms with Crippen molar-refractivity contribution in [2.45, 2.75) is 26.3 Å². The molecule has 1 aromatic carbocycles. The molecule has 150 valence electrons. The Kier molecular flexibility index (Phi) is 12.1. The van der Waals surface area contributed by atoms with E-state index in [1.165, 1.54) is 5.56 Å². The van der Waals surface area contributed by atoms with Gasteiger partial charge < -0.3 is 20.1 Å². The van der Waals surface area contributed by atoms with Crippen LogP contribution in [0.4, 0.5) is 0 Å². The number of benzene rings is 1. The molecule has 2 rings (SSSR count). The number of nitrogens with zero attached hydrogens (tertiary/aromatic N) is 1. The topological polar surface area (TPSA) is 54.9 Å². The van der Waals surface area contributed by atoms with Gasteiger partial charge in [-0.2, -0.15) is 11.3 Å². The molecule has 0 fully saturated rings. The minimum atomic E-state index is 0. The van der Waals surface area contributed by atoms with Crippen LogP contribution in [-0.4, -0.2) is 39.4 Å². The molecule has 27 heavy (non-hydrogen) atoms. The number of thiophene rings is 1. The van der Waals surface area contributed by atoms with Crippen LogP contribution < -0.4 is 15.4 Å². The van der Waals surface area contributed by atoms with Crippen LogP contribution in [0.25, 0.3) is 0 Å². The number of methoxy groups -OCH3 is 1. The van der Waals surface area contributed by atoms with Crippen LogP contribution in [0.1, 0.15) is 30.9 Å². The zero-order valence-electron chi connectivity index (χ0n) is 16.2. The van der Waals surface area contributed by atoms with E-state index < -0.39 is 0 Å². The first-order chi connectivity index (χ1) is 12.7. The van der Waals surface area contributed by atoms with Crippen LogP contribution in [0.2, 0.25) is 0 Å². The van der Waals surface area contributed by atoms with Crippen molar-refractivity contribution in [3.05, 3.63) is 52.2 Å². The van der Waals surface area contributed by atoms with E-state index in [4.69, 9.17) is 9.47 Å². The highest BCUT2D eigenvalue weighted by Gasteiger charge is 2.07. The maximum Gasteiger partial charge on any atom is 0.191 e. The lowest BCUT2D eigenvalue weighted by atomic mass is 10.1. The average Bonchev–Trinajstić information content (AvgIpc) is 3.20. The van der Waals surface area contributed by atoms with E-state index in [9.17, 15) is 0 Å². The Morgan fingerprint density at radius 1 is 1.15 bits per heavy atom. The Morgan fingerprint density at radius 3 is 2.56 bits per heavy atom. The molecule has 2 N–H and O–H groups in total. The van der Waals surface area contributed by atoms with Crippen LogP contribution in [-0.2, 0) is 11.3 Å². The maximum atomic E-state index is 5.58. The molecule has 0 aliphatic rings. The molecule has 2 aromatic rings. The van der Waals surface area contributed by atoms with E-state index in [2.05, 4.69) is 46.3 Å². The molecule has 7 heteroatoms. The van der Waals surface area contributed by atoms with Gasteiger partial charge in [0.15, 0.2) is 5.96 Å². The van der Waals surface area contributed by atoms with Gasteiger partial charge in [0.25, 0.3) is 0 Å². The first-order valence-corrected chi connectivity index (χ1v) is 9.92. The zero-order valence-corrected chi connectivity index (χ0v) is 19.4. The van der Waals surface area contributed by atoms with E-state index in [0.717, 1.165) is 30.4 Å². The molecule has 0 spiro atoms. The molecule has 0 saturated carbocycles. The first-order valence-electron chi connectivity index (χ1n) is 8.98. The molecule has 1 atom stereocenters. The number of ether oxygens (including phenoxy) is 2. The number of hydrogen-bond donors (Lipinski definition) is 2. The minimum Gasteiger partial charge on any atom is -0.491 e. The van der Waals surface area contributed by atoms with Gasteiger partial charge in [-0.25, -0.2) is 4.99 Å². The summed E-state index contributed by atoms with van der Waals surface area (Å²) in [6, 6.07) is 10.2. The fourth-order valence-electron chi connectivity index (χ4n) is 2.37. The van der Waals surface area contributed by atoms with Gasteiger partial charge >= 0.3 is 0 Å². The Balaban J connectivity index is 0.00000364. The summed E-state index contributed by atoms with van der Waals surface area (Å²) in [5.74, 6) is 2.15. The molecular formula is C20H30IN3O2S. The maximum absolute atomic E-state index is 5.58. The largest absolute Gasteiger partial charge is 0.491 e. The number of nitrogens with one attached hydrogen (secondary N) is 2. The van der Waals surface area contributed by atoms with Gasteiger partial charge in [-0.15, -0.1) is 24.0 Å². The molecule has 5 nitrogen and oxygen atoms in total. The van der Waals surface area contributed by atoms with Crippen molar-refractivity contribution < 1.29 is 9.47 Å². The predicted octanol–water partition coefficient (Wildman–Crippen LogP) is 4.25. The quantitative estimate of drug-likeness (QED) is 0.220. The number of rotatable bonds is 10. The third-order valence-electron chi connectivity index (χ3n) is 3.93. The molecule has 1 unspecified atom stereocenters. The van der Waals surface area contributed by atoms with Gasteiger partial charge in [0.05, 0.1) is 13.2 Å². The van der Waals surface area contributed by atoms with Gasteiger partial charge in [0.1, 0.15) is 12.4 Å². The van der Waals surface area contributed by atoms with E-state index in [1.54, 1.807) is 18.4 Å². The fourth-order valence-corrected chi connectivity index (χ4v) is 3.15. The molecule has 1 aromatic heterocycles. The molecule has 0 amide bonds. The van der Waals surface area contributed by atoms with E-state index in [1.807, 2.05) is 24.3 Å². The van der Waals surface area contributed by atoms with Crippen molar-refractivity contribution in [3.63, 3.8) is 0 Å². The smallest absolute Gasteiger partial charge is 0.191 e. The average molecular weight is 503 g/mol. The van der Waals surface area contributed by atoms with Crippen molar-refractivity contribution in [1.29, 1.82) is 0 Å². The predicted molar refractivity (Wildman–Crippen MR) is 125 cm³/mol. The normalized spacial score (nSPS) is 12.2. The van der Waals surface area contributed by atoms with Crippen LogP contribution in [0.5, 0.6) is 5.75 Å². The number of aliphatic imine (C=N–C) groups is 1. The highest BCUT2D eigenvalue weighted by molar-refractivity contribution is 14.0. The lowest BCUT2D eigenvalue weighted by Crippen LogP contribution is -2.39. The van der Waals surface area contributed by atoms with Gasteiger partial charge in [-0.05, 0) is 52.9 Å². The summed E-state index contributed by atoms with van der Waals surface area (Å²) in [7, 11) is 1.67. The van der Waals surface area contributed by atoms with Crippen molar-refractivity contribution in [3.8, 4) is 5.75 Å². The van der Waals surface area contributed by atoms with Gasteiger partial charge in [-0.3, -0.25) is 0 Å². The highest BCUT2D eigenvalue weighted by atomic mass is 127. The number of hydrogen-bond acceptors (Lipinski definition) is 4. The summed E-state index contributed by atoms with van der Waals surface area (Å²) in [5, 5.41) is 11.1. The monoisotopic (exact) mass is 503 g/mol. The summed E-state index contributed by atoms with van der Waals surface area (Å²) in [6.45, 7) is 7.77. The third-order valence-corrected chi connectivity index (χ3v) is 4.63. The SMILES string of the molecule is CCNC(=NCc1ccc(OCCOC)cc1)NCC(C)c1ccsc1.I. The second kappa shape index (κ2) is 13.8. The molecule has 0 radical (unpaired) electrons. The second-order valence-electron chi connectivity index (χ2n) is 6.02. The van der Waals surface area contributed by atoms with Crippen LogP contribution in [0.15, 0.2) is 46.1 Å². The van der Waals surface area contributed by atoms with Crippen molar-refractivity contribution in [2.75, 3.05) is 33.4 Å². The lowest BCUT2D eigenvalue weighted by Gasteiger charge is -2.15. The lowest BCUT2D eigenvalue weighted by molar-refractivity contribution is 0.146. The van der Waals surface area contributed by atoms with E-state index in [-0.39, 0.29) is 24.0 Å². The molecule has 0 saturated heterocycles. The summed E-state index contributed by atoms with van der Waals surface area (Å²) in [5.41, 5.74) is 2.51. The van der Waals surface area contributed by atoms with Gasteiger partial charge in [-0.1, -0.05) is 19.1 Å². The van der Waals surface area contributed by atoms with Crippen molar-refractivity contribution in [2.24, 2.45) is 4.99 Å². The molecular weight excluding hydrogens is 473 g/mol. The standard InChI is InChI=1S/C20H29N3O2S.HI/c1-4-21-20(22-13-16(2)18-9-12-26-15-18)23-14-17-5-7-19(8-6-17)25-11-10-24-3;/h5-9,12,15-16H,4,10-11,13-14H2,1-3H3,(H2,21,22,23);1H. The zero-order chi connectivity index (χ0) is 18.6. The highest BCUT2D eigenvalue weighted by Crippen LogP contribution is 2.17. The number of guanidine groups is 1. The molecule has 1 heterocycles. The molecule has 0 aliphatic heterocycles. The Bertz CT molecular complexity index is 648. The molecule has 0 bridgehead atoms. The summed E-state index contributed by atoms with van der Waals surface area (Å²) in [6.07, 6.45) is 0. The summed E-state index contributed by atoms with van der Waals surface area (Å²) < 4.78 is 10.6. The summed E-state index contributed by atoms with van der Waals surface area (Å²) in [4.78, 5) is 4.68. The van der Waals surface area contributed by atoms with Crippen LogP contribution in [0.3, 0.4) is 0 Å². The van der Waals surface area contributed by atoms with E-state index in [0.29, 0.717) is 25.7 Å². The fraction of sp³-hybridized carbons (Fsp3) is 0.450. The Morgan fingerprint density at radius 2 is 1.93 bits per heavy atom. The third kappa shape index (κ3) is 8.94. The minimum absolute atomic E-state index is 0. The summed E-state index contributed by atoms with van der Waals surface area (Å²) >= 11 is 1.74. The van der Waals surface area contributed by atoms with Gasteiger partial charge in [0, 0.05) is 20.2 Å². The Labute approximate surface area is 183 Å².